The number of aliphatic hydroxyl groups is 1. The number of halogens is 1. The molecule has 0 aromatic heterocycles. The Kier molecular flexibility index (Phi) is 4.35. The highest BCUT2D eigenvalue weighted by Crippen LogP contribution is 2.41. The van der Waals surface area contributed by atoms with Crippen LogP contribution in [0.15, 0.2) is 24.3 Å². The van der Waals surface area contributed by atoms with Crippen molar-refractivity contribution < 1.29 is 19.1 Å². The fourth-order valence-electron chi connectivity index (χ4n) is 2.77. The van der Waals surface area contributed by atoms with Gasteiger partial charge in [0.1, 0.15) is 11.9 Å². The molecule has 4 unspecified atom stereocenters. The zero-order chi connectivity index (χ0) is 16.6. The third kappa shape index (κ3) is 3.69. The van der Waals surface area contributed by atoms with E-state index < -0.39 is 18.1 Å². The summed E-state index contributed by atoms with van der Waals surface area (Å²) in [6, 6.07) is 5.40. The SMILES string of the molecule is CC(O)C(NC(=O)C1CC1)C(=O)NC1CC1c1ccccc1F. The lowest BCUT2D eigenvalue weighted by atomic mass is 10.1. The molecule has 23 heavy (non-hydrogen) atoms. The Labute approximate surface area is 134 Å². The highest BCUT2D eigenvalue weighted by molar-refractivity contribution is 5.90. The molecule has 1 aromatic rings. The summed E-state index contributed by atoms with van der Waals surface area (Å²) in [7, 11) is 0. The lowest BCUT2D eigenvalue weighted by molar-refractivity contribution is -0.132. The molecule has 2 aliphatic carbocycles. The first-order valence-corrected chi connectivity index (χ1v) is 8.00. The van der Waals surface area contributed by atoms with Crippen LogP contribution in [0.25, 0.3) is 0 Å². The van der Waals surface area contributed by atoms with Gasteiger partial charge in [-0.1, -0.05) is 18.2 Å². The Morgan fingerprint density at radius 1 is 1.30 bits per heavy atom. The number of aliphatic hydroxyl groups excluding tert-OH is 1. The molecule has 3 rings (SSSR count). The highest BCUT2D eigenvalue weighted by Gasteiger charge is 2.43. The summed E-state index contributed by atoms with van der Waals surface area (Å²) in [5.41, 5.74) is 0.591. The molecule has 0 spiro atoms. The van der Waals surface area contributed by atoms with Crippen molar-refractivity contribution in [3.05, 3.63) is 35.6 Å². The molecule has 0 aliphatic heterocycles. The van der Waals surface area contributed by atoms with Crippen LogP contribution in [0, 0.1) is 11.7 Å². The van der Waals surface area contributed by atoms with Crippen LogP contribution in [0.3, 0.4) is 0 Å². The van der Waals surface area contributed by atoms with Gasteiger partial charge in [-0.05, 0) is 37.8 Å². The normalized spacial score (nSPS) is 25.3. The van der Waals surface area contributed by atoms with Gasteiger partial charge >= 0.3 is 0 Å². The molecule has 2 aliphatic rings. The van der Waals surface area contributed by atoms with E-state index >= 15 is 0 Å². The van der Waals surface area contributed by atoms with Crippen LogP contribution >= 0.6 is 0 Å². The number of benzene rings is 1. The van der Waals surface area contributed by atoms with Crippen molar-refractivity contribution in [1.82, 2.24) is 10.6 Å². The number of carbonyl (C=O) groups is 2. The molecular weight excluding hydrogens is 299 g/mol. The van der Waals surface area contributed by atoms with Crippen LogP contribution in [0.2, 0.25) is 0 Å². The molecule has 2 fully saturated rings. The molecule has 2 amide bonds. The van der Waals surface area contributed by atoms with E-state index in [0.717, 1.165) is 12.8 Å². The minimum atomic E-state index is -0.983. The molecule has 124 valence electrons. The summed E-state index contributed by atoms with van der Waals surface area (Å²) in [6.45, 7) is 1.47. The van der Waals surface area contributed by atoms with Crippen LogP contribution in [-0.4, -0.2) is 35.1 Å². The third-order valence-electron chi connectivity index (χ3n) is 4.43. The molecule has 0 bridgehead atoms. The zero-order valence-electron chi connectivity index (χ0n) is 13.0. The van der Waals surface area contributed by atoms with Gasteiger partial charge in [-0.25, -0.2) is 4.39 Å². The highest BCUT2D eigenvalue weighted by atomic mass is 19.1. The predicted molar refractivity (Wildman–Crippen MR) is 82.0 cm³/mol. The van der Waals surface area contributed by atoms with Crippen LogP contribution in [0.5, 0.6) is 0 Å². The topological polar surface area (TPSA) is 78.4 Å². The fraction of sp³-hybridized carbons (Fsp3) is 0.529. The number of nitrogens with one attached hydrogen (secondary N) is 2. The van der Waals surface area contributed by atoms with Gasteiger partial charge in [0.15, 0.2) is 0 Å². The van der Waals surface area contributed by atoms with E-state index in [9.17, 15) is 19.1 Å². The second-order valence-corrected chi connectivity index (χ2v) is 6.48. The maximum Gasteiger partial charge on any atom is 0.245 e. The van der Waals surface area contributed by atoms with E-state index in [1.165, 1.54) is 13.0 Å². The summed E-state index contributed by atoms with van der Waals surface area (Å²) >= 11 is 0. The lowest BCUT2D eigenvalue weighted by Gasteiger charge is -2.21. The molecule has 0 radical (unpaired) electrons. The van der Waals surface area contributed by atoms with Gasteiger partial charge < -0.3 is 15.7 Å². The third-order valence-corrected chi connectivity index (χ3v) is 4.43. The van der Waals surface area contributed by atoms with Crippen molar-refractivity contribution in [2.45, 2.75) is 50.3 Å². The number of hydrogen-bond donors (Lipinski definition) is 3. The average Bonchev–Trinajstić information content (AvgIpc) is 3.38. The predicted octanol–water partition coefficient (Wildman–Crippen LogP) is 1.07. The molecule has 3 N–H and O–H groups in total. The minimum absolute atomic E-state index is 0.0314. The quantitative estimate of drug-likeness (QED) is 0.734. The number of carbonyl (C=O) groups excluding carboxylic acids is 2. The van der Waals surface area contributed by atoms with E-state index in [4.69, 9.17) is 0 Å². The van der Waals surface area contributed by atoms with Gasteiger partial charge in [-0.3, -0.25) is 9.59 Å². The van der Waals surface area contributed by atoms with Gasteiger partial charge in [-0.15, -0.1) is 0 Å². The zero-order valence-corrected chi connectivity index (χ0v) is 13.0. The first-order valence-electron chi connectivity index (χ1n) is 8.00. The maximum absolute atomic E-state index is 13.7. The number of amides is 2. The Morgan fingerprint density at radius 3 is 2.61 bits per heavy atom. The van der Waals surface area contributed by atoms with E-state index in [1.807, 2.05) is 0 Å². The van der Waals surface area contributed by atoms with Gasteiger partial charge in [0.25, 0.3) is 0 Å². The van der Waals surface area contributed by atoms with E-state index in [2.05, 4.69) is 10.6 Å². The maximum atomic E-state index is 13.7. The van der Waals surface area contributed by atoms with Crippen LogP contribution in [-0.2, 0) is 9.59 Å². The minimum Gasteiger partial charge on any atom is -0.391 e. The van der Waals surface area contributed by atoms with Crippen molar-refractivity contribution in [3.63, 3.8) is 0 Å². The number of hydrogen-bond acceptors (Lipinski definition) is 3. The molecule has 4 atom stereocenters. The van der Waals surface area contributed by atoms with Crippen molar-refractivity contribution in [3.8, 4) is 0 Å². The first kappa shape index (κ1) is 15.9. The van der Waals surface area contributed by atoms with E-state index in [1.54, 1.807) is 18.2 Å². The molecule has 2 saturated carbocycles. The molecule has 5 nitrogen and oxygen atoms in total. The monoisotopic (exact) mass is 320 g/mol. The second kappa shape index (κ2) is 6.28. The molecule has 6 heteroatoms. The summed E-state index contributed by atoms with van der Waals surface area (Å²) in [5.74, 6) is -0.959. The van der Waals surface area contributed by atoms with Gasteiger partial charge in [0.2, 0.25) is 11.8 Å². The number of rotatable bonds is 6. The fourth-order valence-corrected chi connectivity index (χ4v) is 2.77. The smallest absolute Gasteiger partial charge is 0.245 e. The van der Waals surface area contributed by atoms with Crippen molar-refractivity contribution in [2.24, 2.45) is 5.92 Å². The largest absolute Gasteiger partial charge is 0.391 e. The first-order chi connectivity index (χ1) is 11.0. The van der Waals surface area contributed by atoms with Crippen molar-refractivity contribution >= 4 is 11.8 Å². The standard InChI is InChI=1S/C17H21FN2O3/c1-9(21)15(20-16(22)10-6-7-10)17(23)19-14-8-12(14)11-4-2-3-5-13(11)18/h2-5,9-10,12,14-15,21H,6-8H2,1H3,(H,19,23)(H,20,22). The molecule has 1 aromatic carbocycles. The van der Waals surface area contributed by atoms with Gasteiger partial charge in [0.05, 0.1) is 6.10 Å². The summed E-state index contributed by atoms with van der Waals surface area (Å²) in [5, 5.41) is 15.2. The Bertz CT molecular complexity index is 616. The van der Waals surface area contributed by atoms with Crippen molar-refractivity contribution in [2.75, 3.05) is 0 Å². The summed E-state index contributed by atoms with van der Waals surface area (Å²) in [4.78, 5) is 24.1. The Morgan fingerprint density at radius 2 is 2.00 bits per heavy atom. The molecule has 0 heterocycles. The summed E-state index contributed by atoms with van der Waals surface area (Å²) in [6.07, 6.45) is 1.34. The van der Waals surface area contributed by atoms with Crippen LogP contribution in [0.1, 0.15) is 37.7 Å². The average molecular weight is 320 g/mol. The van der Waals surface area contributed by atoms with Gasteiger partial charge in [0, 0.05) is 17.9 Å². The van der Waals surface area contributed by atoms with E-state index in [-0.39, 0.29) is 29.6 Å². The second-order valence-electron chi connectivity index (χ2n) is 6.48. The molecule has 0 saturated heterocycles. The van der Waals surface area contributed by atoms with Gasteiger partial charge in [-0.2, -0.15) is 0 Å². The summed E-state index contributed by atoms with van der Waals surface area (Å²) < 4.78 is 13.7. The Hall–Kier alpha value is -1.95. The van der Waals surface area contributed by atoms with Crippen LogP contribution in [0.4, 0.5) is 4.39 Å². The van der Waals surface area contributed by atoms with E-state index in [0.29, 0.717) is 12.0 Å². The Balaban J connectivity index is 1.57. The molecular formula is C17H21FN2O3. The lowest BCUT2D eigenvalue weighted by Crippen LogP contribution is -2.53. The van der Waals surface area contributed by atoms with Crippen LogP contribution < -0.4 is 10.6 Å². The van der Waals surface area contributed by atoms with Crippen molar-refractivity contribution in [1.29, 1.82) is 0 Å².